The summed E-state index contributed by atoms with van der Waals surface area (Å²) in [6, 6.07) is 2.16. The van der Waals surface area contributed by atoms with Crippen molar-refractivity contribution in [3.05, 3.63) is 28.8 Å². The summed E-state index contributed by atoms with van der Waals surface area (Å²) in [6.07, 6.45) is 0. The highest BCUT2D eigenvalue weighted by atomic mass is 35.5. The van der Waals surface area contributed by atoms with Crippen molar-refractivity contribution in [3.8, 4) is 0 Å². The first-order valence-electron chi connectivity index (χ1n) is 4.86. The van der Waals surface area contributed by atoms with E-state index in [0.717, 1.165) is 12.1 Å². The van der Waals surface area contributed by atoms with E-state index in [1.807, 2.05) is 13.8 Å². The molecule has 0 aromatic heterocycles. The summed E-state index contributed by atoms with van der Waals surface area (Å²) in [7, 11) is 0. The number of aliphatic imine (C=N–C) groups is 1. The molecular weight excluding hydrogens is 234 g/mol. The Morgan fingerprint density at radius 3 is 2.25 bits per heavy atom. The first kappa shape index (κ1) is 12.9. The fourth-order valence-corrected chi connectivity index (χ4v) is 1.45. The fourth-order valence-electron chi connectivity index (χ4n) is 1.26. The Labute approximate surface area is 98.3 Å². The molecule has 0 bridgehead atoms. The quantitative estimate of drug-likeness (QED) is 0.622. The van der Waals surface area contributed by atoms with E-state index in [4.69, 9.17) is 11.6 Å². The summed E-state index contributed by atoms with van der Waals surface area (Å²) in [5.74, 6) is -1.01. The molecule has 1 aromatic rings. The number of nitrogens with zero attached hydrogens (tertiary/aromatic N) is 1. The van der Waals surface area contributed by atoms with Crippen LogP contribution in [-0.4, -0.2) is 11.9 Å². The van der Waals surface area contributed by atoms with Crippen molar-refractivity contribution < 1.29 is 8.78 Å². The second-order valence-electron chi connectivity index (χ2n) is 3.68. The molecule has 0 aliphatic heterocycles. The summed E-state index contributed by atoms with van der Waals surface area (Å²) in [5.41, 5.74) is -0.230. The number of hydrogen-bond acceptors (Lipinski definition) is 1. The minimum Gasteiger partial charge on any atom is -0.340 e. The van der Waals surface area contributed by atoms with E-state index >= 15 is 0 Å². The third-order valence-corrected chi connectivity index (χ3v) is 1.98. The molecule has 88 valence electrons. The van der Waals surface area contributed by atoms with Crippen LogP contribution in [0, 0.1) is 11.6 Å². The number of halogens is 3. The Kier molecular flexibility index (Phi) is 4.24. The van der Waals surface area contributed by atoms with Gasteiger partial charge in [-0.1, -0.05) is 11.6 Å². The highest BCUT2D eigenvalue weighted by Crippen LogP contribution is 2.23. The van der Waals surface area contributed by atoms with Crippen molar-refractivity contribution >= 4 is 23.1 Å². The summed E-state index contributed by atoms with van der Waals surface area (Å²) >= 11 is 5.51. The molecule has 16 heavy (non-hydrogen) atoms. The third kappa shape index (κ3) is 3.45. The van der Waals surface area contributed by atoms with E-state index < -0.39 is 11.6 Å². The minimum atomic E-state index is -0.733. The van der Waals surface area contributed by atoms with Gasteiger partial charge in [0.15, 0.2) is 11.6 Å². The second-order valence-corrected chi connectivity index (χ2v) is 4.11. The van der Waals surface area contributed by atoms with E-state index in [1.165, 1.54) is 0 Å². The summed E-state index contributed by atoms with van der Waals surface area (Å²) in [6.45, 7) is 5.40. The van der Waals surface area contributed by atoms with Crippen molar-refractivity contribution in [1.29, 1.82) is 0 Å². The van der Waals surface area contributed by atoms with Crippen molar-refractivity contribution in [2.24, 2.45) is 4.99 Å². The van der Waals surface area contributed by atoms with Crippen LogP contribution in [0.1, 0.15) is 20.8 Å². The molecule has 2 nitrogen and oxygen atoms in total. The van der Waals surface area contributed by atoms with E-state index in [1.54, 1.807) is 6.92 Å². The van der Waals surface area contributed by atoms with Crippen molar-refractivity contribution in [2.75, 3.05) is 5.32 Å². The molecule has 0 amide bonds. The zero-order valence-corrected chi connectivity index (χ0v) is 10.1. The van der Waals surface area contributed by atoms with Crippen molar-refractivity contribution in [2.45, 2.75) is 26.8 Å². The molecule has 0 heterocycles. The van der Waals surface area contributed by atoms with E-state index in [9.17, 15) is 8.78 Å². The first-order chi connectivity index (χ1) is 7.40. The zero-order valence-electron chi connectivity index (χ0n) is 9.31. The smallest absolute Gasteiger partial charge is 0.151 e. The lowest BCUT2D eigenvalue weighted by molar-refractivity contribution is 0.591. The molecule has 0 saturated carbocycles. The van der Waals surface area contributed by atoms with Gasteiger partial charge in [-0.05, 0) is 32.9 Å². The normalized spacial score (nSPS) is 12.1. The third-order valence-electron chi connectivity index (χ3n) is 1.76. The predicted molar refractivity (Wildman–Crippen MR) is 63.2 cm³/mol. The van der Waals surface area contributed by atoms with Crippen LogP contribution in [0.25, 0.3) is 0 Å². The Bertz CT molecular complexity index is 393. The van der Waals surface area contributed by atoms with Gasteiger partial charge in [-0.2, -0.15) is 0 Å². The van der Waals surface area contributed by atoms with Crippen LogP contribution >= 0.6 is 11.6 Å². The topological polar surface area (TPSA) is 24.4 Å². The van der Waals surface area contributed by atoms with Gasteiger partial charge in [0.05, 0.1) is 5.84 Å². The Hall–Kier alpha value is -1.16. The molecule has 0 fully saturated rings. The molecule has 0 saturated heterocycles. The molecule has 0 atom stereocenters. The highest BCUT2D eigenvalue weighted by Gasteiger charge is 2.11. The number of amidine groups is 1. The van der Waals surface area contributed by atoms with Crippen molar-refractivity contribution in [3.63, 3.8) is 0 Å². The van der Waals surface area contributed by atoms with Crippen LogP contribution in [0.15, 0.2) is 17.1 Å². The maximum Gasteiger partial charge on any atom is 0.151 e. The average Bonchev–Trinajstić information content (AvgIpc) is 2.09. The molecule has 5 heteroatoms. The van der Waals surface area contributed by atoms with Crippen LogP contribution in [0.3, 0.4) is 0 Å². The van der Waals surface area contributed by atoms with Crippen LogP contribution in [0.5, 0.6) is 0 Å². The largest absolute Gasteiger partial charge is 0.340 e. The Morgan fingerprint density at radius 1 is 1.31 bits per heavy atom. The predicted octanol–water partition coefficient (Wildman–Crippen LogP) is 3.86. The van der Waals surface area contributed by atoms with E-state index in [2.05, 4.69) is 10.3 Å². The monoisotopic (exact) mass is 246 g/mol. The molecule has 0 spiro atoms. The molecule has 1 aromatic carbocycles. The maximum absolute atomic E-state index is 13.4. The number of rotatable bonds is 2. The molecule has 0 aliphatic rings. The Morgan fingerprint density at radius 2 is 1.81 bits per heavy atom. The van der Waals surface area contributed by atoms with Gasteiger partial charge in [0.1, 0.15) is 5.69 Å². The molecule has 0 radical (unpaired) electrons. The van der Waals surface area contributed by atoms with Gasteiger partial charge in [0.25, 0.3) is 0 Å². The molecule has 0 aliphatic carbocycles. The minimum absolute atomic E-state index is 0.0269. The van der Waals surface area contributed by atoms with Gasteiger partial charge in [0.2, 0.25) is 0 Å². The fraction of sp³-hybridized carbons (Fsp3) is 0.364. The SMILES string of the molecule is CC(=NC(C)C)Nc1c(F)cc(Cl)cc1F. The second kappa shape index (κ2) is 5.25. The maximum atomic E-state index is 13.4. The van der Waals surface area contributed by atoms with Gasteiger partial charge in [-0.3, -0.25) is 4.99 Å². The van der Waals surface area contributed by atoms with Gasteiger partial charge in [-0.15, -0.1) is 0 Å². The van der Waals surface area contributed by atoms with Crippen molar-refractivity contribution in [1.82, 2.24) is 0 Å². The van der Waals surface area contributed by atoms with Gasteiger partial charge in [0, 0.05) is 11.1 Å². The number of anilines is 1. The number of benzene rings is 1. The lowest BCUT2D eigenvalue weighted by atomic mass is 10.3. The van der Waals surface area contributed by atoms with Gasteiger partial charge >= 0.3 is 0 Å². The standard InChI is InChI=1S/C11H13ClF2N2/c1-6(2)15-7(3)16-11-9(13)4-8(12)5-10(11)14/h4-6H,1-3H3,(H,15,16). The first-order valence-corrected chi connectivity index (χ1v) is 5.24. The summed E-state index contributed by atoms with van der Waals surface area (Å²) in [4.78, 5) is 4.12. The lowest BCUT2D eigenvalue weighted by Crippen LogP contribution is -2.12. The number of hydrogen-bond donors (Lipinski definition) is 1. The summed E-state index contributed by atoms with van der Waals surface area (Å²) in [5, 5.41) is 2.61. The van der Waals surface area contributed by atoms with Crippen LogP contribution in [0.4, 0.5) is 14.5 Å². The van der Waals surface area contributed by atoms with Gasteiger partial charge < -0.3 is 5.32 Å². The van der Waals surface area contributed by atoms with Crippen LogP contribution in [0.2, 0.25) is 5.02 Å². The molecule has 1 rings (SSSR count). The van der Waals surface area contributed by atoms with Gasteiger partial charge in [-0.25, -0.2) is 8.78 Å². The zero-order chi connectivity index (χ0) is 12.3. The lowest BCUT2D eigenvalue weighted by Gasteiger charge is -2.09. The average molecular weight is 247 g/mol. The molecular formula is C11H13ClF2N2. The number of nitrogens with one attached hydrogen (secondary N) is 1. The van der Waals surface area contributed by atoms with E-state index in [-0.39, 0.29) is 16.8 Å². The Balaban J connectivity index is 2.98. The van der Waals surface area contributed by atoms with Crippen LogP contribution < -0.4 is 5.32 Å². The highest BCUT2D eigenvalue weighted by molar-refractivity contribution is 6.30. The molecule has 0 unspecified atom stereocenters. The molecule has 1 N–H and O–H groups in total. The summed E-state index contributed by atoms with van der Waals surface area (Å²) < 4.78 is 26.7. The van der Waals surface area contributed by atoms with Crippen LogP contribution in [-0.2, 0) is 0 Å². The van der Waals surface area contributed by atoms with E-state index in [0.29, 0.717) is 5.84 Å².